The van der Waals surface area contributed by atoms with Crippen molar-refractivity contribution in [3.05, 3.63) is 52.5 Å². The van der Waals surface area contributed by atoms with E-state index in [1.807, 2.05) is 4.90 Å². The van der Waals surface area contributed by atoms with Crippen molar-refractivity contribution in [2.75, 3.05) is 24.5 Å². The number of hydrogen-bond acceptors (Lipinski definition) is 4. The zero-order valence-corrected chi connectivity index (χ0v) is 18.9. The number of anilines is 1. The van der Waals surface area contributed by atoms with Gasteiger partial charge in [-0.1, -0.05) is 42.7 Å². The smallest absolute Gasteiger partial charge is 0.228 e. The highest BCUT2D eigenvalue weighted by Gasteiger charge is 2.34. The minimum Gasteiger partial charge on any atom is -0.300 e. The summed E-state index contributed by atoms with van der Waals surface area (Å²) in [6.07, 6.45) is 8.74. The number of carbonyl (C=O) groups excluding carboxylic acids is 1. The van der Waals surface area contributed by atoms with E-state index in [0.717, 1.165) is 55.7 Å². The average Bonchev–Trinajstić information content (AvgIpc) is 3.45. The third-order valence-corrected chi connectivity index (χ3v) is 7.49. The fraction of sp³-hybridized carbons (Fsp3) is 0.577. The van der Waals surface area contributed by atoms with Crippen LogP contribution in [0.15, 0.2) is 24.3 Å². The summed E-state index contributed by atoms with van der Waals surface area (Å²) in [5.74, 6) is 2.42. The lowest BCUT2D eigenvalue weighted by molar-refractivity contribution is -0.118. The van der Waals surface area contributed by atoms with Crippen LogP contribution in [0.5, 0.6) is 0 Å². The molecule has 1 atom stereocenters. The van der Waals surface area contributed by atoms with E-state index in [0.29, 0.717) is 18.9 Å². The molecule has 1 unspecified atom stereocenters. The summed E-state index contributed by atoms with van der Waals surface area (Å²) in [6.45, 7) is 7.13. The van der Waals surface area contributed by atoms with Gasteiger partial charge in [0.2, 0.25) is 5.91 Å². The number of rotatable bonds is 5. The van der Waals surface area contributed by atoms with Crippen LogP contribution in [-0.4, -0.2) is 46.5 Å². The molecular formula is C26H34N4O. The maximum atomic E-state index is 12.9. The van der Waals surface area contributed by atoms with Gasteiger partial charge >= 0.3 is 0 Å². The summed E-state index contributed by atoms with van der Waals surface area (Å²) in [6, 6.07) is 9.33. The summed E-state index contributed by atoms with van der Waals surface area (Å²) in [5.41, 5.74) is 4.76. The summed E-state index contributed by atoms with van der Waals surface area (Å²) in [7, 11) is 0. The number of benzene rings is 1. The first-order chi connectivity index (χ1) is 15.1. The van der Waals surface area contributed by atoms with Gasteiger partial charge in [0.1, 0.15) is 11.6 Å². The number of likely N-dealkylation sites (tertiary alicyclic amines) is 1. The van der Waals surface area contributed by atoms with E-state index in [-0.39, 0.29) is 5.91 Å². The quantitative estimate of drug-likeness (QED) is 0.724. The molecule has 5 nitrogen and oxygen atoms in total. The topological polar surface area (TPSA) is 49.3 Å². The molecule has 164 valence electrons. The Balaban J connectivity index is 1.37. The number of nitrogens with zero attached hydrogens (tertiary/aromatic N) is 4. The third kappa shape index (κ3) is 4.25. The molecule has 3 heterocycles. The van der Waals surface area contributed by atoms with E-state index >= 15 is 0 Å². The zero-order chi connectivity index (χ0) is 21.4. The average molecular weight is 419 g/mol. The molecule has 1 aromatic carbocycles. The van der Waals surface area contributed by atoms with Crippen molar-refractivity contribution in [1.29, 1.82) is 0 Å². The Morgan fingerprint density at radius 1 is 1.06 bits per heavy atom. The van der Waals surface area contributed by atoms with E-state index in [2.05, 4.69) is 43.0 Å². The van der Waals surface area contributed by atoms with Crippen LogP contribution in [0.4, 0.5) is 5.82 Å². The molecule has 1 saturated carbocycles. The molecule has 3 aliphatic rings. The molecule has 31 heavy (non-hydrogen) atoms. The van der Waals surface area contributed by atoms with E-state index in [9.17, 15) is 4.79 Å². The van der Waals surface area contributed by atoms with E-state index in [1.54, 1.807) is 0 Å². The SMILES string of the molecule is Cc1cccc(CCN2C(=O)CCc3c(C)nc(C4CCN(C5CCCC5)C4)nc32)c1. The Morgan fingerprint density at radius 3 is 2.71 bits per heavy atom. The molecule has 0 bridgehead atoms. The van der Waals surface area contributed by atoms with Crippen molar-refractivity contribution in [2.45, 2.75) is 77.2 Å². The van der Waals surface area contributed by atoms with E-state index < -0.39 is 0 Å². The molecule has 2 aliphatic heterocycles. The van der Waals surface area contributed by atoms with Gasteiger partial charge in [-0.05, 0) is 58.1 Å². The van der Waals surface area contributed by atoms with Gasteiger partial charge in [0.25, 0.3) is 0 Å². The molecule has 1 aromatic heterocycles. The van der Waals surface area contributed by atoms with Gasteiger partial charge in [-0.25, -0.2) is 9.97 Å². The van der Waals surface area contributed by atoms with Gasteiger partial charge in [-0.15, -0.1) is 0 Å². The maximum absolute atomic E-state index is 12.9. The van der Waals surface area contributed by atoms with Crippen molar-refractivity contribution in [3.8, 4) is 0 Å². The Hall–Kier alpha value is -2.27. The first-order valence-electron chi connectivity index (χ1n) is 12.1. The molecule has 0 radical (unpaired) electrons. The lowest BCUT2D eigenvalue weighted by atomic mass is 10.0. The second-order valence-corrected chi connectivity index (χ2v) is 9.67. The molecule has 1 amide bonds. The summed E-state index contributed by atoms with van der Waals surface area (Å²) >= 11 is 0. The molecule has 5 rings (SSSR count). The lowest BCUT2D eigenvalue weighted by Gasteiger charge is -2.30. The monoisotopic (exact) mass is 418 g/mol. The zero-order valence-electron chi connectivity index (χ0n) is 18.9. The number of amides is 1. The van der Waals surface area contributed by atoms with Gasteiger partial charge in [-0.3, -0.25) is 14.6 Å². The first kappa shape index (κ1) is 20.6. The molecular weight excluding hydrogens is 384 g/mol. The Labute approximate surface area is 185 Å². The molecule has 2 aromatic rings. The van der Waals surface area contributed by atoms with Crippen molar-refractivity contribution in [1.82, 2.24) is 14.9 Å². The van der Waals surface area contributed by atoms with Gasteiger partial charge in [0.05, 0.1) is 0 Å². The highest BCUT2D eigenvalue weighted by molar-refractivity contribution is 5.95. The second kappa shape index (κ2) is 8.70. The van der Waals surface area contributed by atoms with Crippen LogP contribution < -0.4 is 4.90 Å². The predicted molar refractivity (Wildman–Crippen MR) is 124 cm³/mol. The van der Waals surface area contributed by atoms with Crippen molar-refractivity contribution >= 4 is 11.7 Å². The lowest BCUT2D eigenvalue weighted by Crippen LogP contribution is -2.38. The predicted octanol–water partition coefficient (Wildman–Crippen LogP) is 4.35. The largest absolute Gasteiger partial charge is 0.300 e. The van der Waals surface area contributed by atoms with Gasteiger partial charge < -0.3 is 0 Å². The summed E-state index contributed by atoms with van der Waals surface area (Å²) < 4.78 is 0. The van der Waals surface area contributed by atoms with Crippen LogP contribution in [-0.2, 0) is 17.6 Å². The van der Waals surface area contributed by atoms with E-state index in [1.165, 1.54) is 42.4 Å². The minimum atomic E-state index is 0.197. The number of hydrogen-bond donors (Lipinski definition) is 0. The molecule has 1 saturated heterocycles. The molecule has 0 spiro atoms. The fourth-order valence-electron chi connectivity index (χ4n) is 5.72. The van der Waals surface area contributed by atoms with Crippen molar-refractivity contribution in [2.24, 2.45) is 0 Å². The van der Waals surface area contributed by atoms with Crippen LogP contribution in [0.3, 0.4) is 0 Å². The van der Waals surface area contributed by atoms with Gasteiger partial charge in [-0.2, -0.15) is 0 Å². The molecule has 5 heteroatoms. The number of carbonyl (C=O) groups is 1. The Bertz CT molecular complexity index is 966. The fourth-order valence-corrected chi connectivity index (χ4v) is 5.72. The van der Waals surface area contributed by atoms with Crippen LogP contribution >= 0.6 is 0 Å². The molecule has 0 N–H and O–H groups in total. The van der Waals surface area contributed by atoms with Crippen LogP contribution in [0.2, 0.25) is 0 Å². The van der Waals surface area contributed by atoms with Crippen LogP contribution in [0, 0.1) is 13.8 Å². The standard InChI is InChI=1S/C26H34N4O/c1-18-6-5-7-20(16-18)12-15-30-24(31)11-10-23-19(2)27-25(28-26(23)30)21-13-14-29(17-21)22-8-3-4-9-22/h5-7,16,21-22H,3-4,8-15,17H2,1-2H3. The normalized spacial score (nSPS) is 22.3. The number of fused-ring (bicyclic) bond motifs is 1. The van der Waals surface area contributed by atoms with Gasteiger partial charge in [0, 0.05) is 42.7 Å². The Kier molecular flexibility index (Phi) is 5.79. The minimum absolute atomic E-state index is 0.197. The molecule has 1 aliphatic carbocycles. The second-order valence-electron chi connectivity index (χ2n) is 9.67. The molecule has 2 fully saturated rings. The Morgan fingerprint density at radius 2 is 1.90 bits per heavy atom. The number of aryl methyl sites for hydroxylation is 2. The van der Waals surface area contributed by atoms with E-state index in [4.69, 9.17) is 9.97 Å². The maximum Gasteiger partial charge on any atom is 0.228 e. The highest BCUT2D eigenvalue weighted by Crippen LogP contribution is 2.35. The van der Waals surface area contributed by atoms with Crippen molar-refractivity contribution < 1.29 is 4.79 Å². The third-order valence-electron chi connectivity index (χ3n) is 7.49. The number of aromatic nitrogens is 2. The summed E-state index contributed by atoms with van der Waals surface area (Å²) in [4.78, 5) is 27.5. The van der Waals surface area contributed by atoms with Gasteiger partial charge in [0.15, 0.2) is 0 Å². The van der Waals surface area contributed by atoms with Crippen molar-refractivity contribution in [3.63, 3.8) is 0 Å². The van der Waals surface area contributed by atoms with Crippen LogP contribution in [0.1, 0.15) is 72.7 Å². The summed E-state index contributed by atoms with van der Waals surface area (Å²) in [5, 5.41) is 0. The first-order valence-corrected chi connectivity index (χ1v) is 12.1. The van der Waals surface area contributed by atoms with Crippen LogP contribution in [0.25, 0.3) is 0 Å². The highest BCUT2D eigenvalue weighted by atomic mass is 16.2.